The van der Waals surface area contributed by atoms with Crippen molar-refractivity contribution in [3.05, 3.63) is 124 Å². The van der Waals surface area contributed by atoms with Crippen LogP contribution in [0, 0.1) is 34.0 Å². The van der Waals surface area contributed by atoms with E-state index in [1.807, 2.05) is 0 Å². The van der Waals surface area contributed by atoms with Crippen LogP contribution in [0.4, 0.5) is 11.6 Å². The van der Waals surface area contributed by atoms with Gasteiger partial charge in [0.1, 0.15) is 107 Å². The number of phosphoric acid groups is 1. The first-order chi connectivity index (χ1) is 47.7. The average molecular weight is 1420 g/mol. The zero-order valence-corrected chi connectivity index (χ0v) is 59.6. The summed E-state index contributed by atoms with van der Waals surface area (Å²) < 4.78 is 96.3. The van der Waals surface area contributed by atoms with Gasteiger partial charge in [0.2, 0.25) is 0 Å². The van der Waals surface area contributed by atoms with E-state index in [-0.39, 0.29) is 68.8 Å². The number of nitrogen functional groups attached to an aromatic ring is 2. The molecule has 0 aliphatic carbocycles. The second-order valence-corrected chi connectivity index (χ2v) is 29.0. The summed E-state index contributed by atoms with van der Waals surface area (Å²) in [5.74, 6) is -1.38. The van der Waals surface area contributed by atoms with Crippen LogP contribution in [0.25, 0.3) is 11.0 Å². The van der Waals surface area contributed by atoms with Gasteiger partial charge in [-0.3, -0.25) is 4.52 Å². The molecule has 8 heterocycles. The van der Waals surface area contributed by atoms with E-state index in [0.717, 1.165) is 25.7 Å². The van der Waals surface area contributed by atoms with Gasteiger partial charge >= 0.3 is 7.82 Å². The second kappa shape index (κ2) is 31.6. The maximum atomic E-state index is 16.1. The van der Waals surface area contributed by atoms with Crippen molar-refractivity contribution >= 4 is 53.7 Å². The number of phosphoric ester groups is 1. The fraction of sp³-hybridized carbons (Fsp3) is 0.542. The summed E-state index contributed by atoms with van der Waals surface area (Å²) in [6.07, 6.45) is 17.0. The number of halogens is 2. The van der Waals surface area contributed by atoms with E-state index in [1.54, 1.807) is 97.4 Å². The second-order valence-electron chi connectivity index (χ2n) is 26.8. The number of hydrogen-bond donors (Lipinski definition) is 2. The number of aromatic nitrogens is 6. The third-order valence-electron chi connectivity index (χ3n) is 18.8. The molecule has 7 aromatic rings. The van der Waals surface area contributed by atoms with Crippen molar-refractivity contribution in [2.75, 3.05) is 32.3 Å². The van der Waals surface area contributed by atoms with Crippen molar-refractivity contribution in [2.45, 2.75) is 229 Å². The van der Waals surface area contributed by atoms with E-state index >= 15 is 4.57 Å². The molecule has 0 bridgehead atoms. The van der Waals surface area contributed by atoms with Crippen molar-refractivity contribution in [1.82, 2.24) is 29.2 Å². The molecular weight excluding hydrogens is 1330 g/mol. The Labute approximate surface area is 587 Å². The summed E-state index contributed by atoms with van der Waals surface area (Å²) >= 11 is 14.8. The number of nitrogens with two attached hydrogens (primary N) is 2. The molecule has 0 radical (unpaired) electrons. The first kappa shape index (κ1) is 72.7. The molecule has 0 saturated carbocycles. The first-order valence-electron chi connectivity index (χ1n) is 34.3. The summed E-state index contributed by atoms with van der Waals surface area (Å²) in [6.45, 7) is 8.89. The quantitative estimate of drug-likeness (QED) is 0.0275. The summed E-state index contributed by atoms with van der Waals surface area (Å²) in [5.41, 5.74) is 12.0. The SMILES string of the molecule is CCCCCCCCCCCCCCCCCCC[C@H](COP(=O)(Oc1cccc(C[C@]2(C#N)O[C@@H](c3ccc4c(N)ncnn34)C3OC(C)(C)OC32)c1Cl)Oc1cccc(C[C@]2(C#N)O[C@@H](c3ccc4c(N)ncnn34)C3OC(C)(C)OC32)c1Cl)Oc1cc(OC)c(C#N)c(OC)c1. The highest BCUT2D eigenvalue weighted by molar-refractivity contribution is 7.49. The third kappa shape index (κ3) is 16.1. The molecule has 3 aromatic carbocycles. The predicted octanol–water partition coefficient (Wildman–Crippen LogP) is 15.4. The smallest absolute Gasteiger partial charge is 0.495 e. The Morgan fingerprint density at radius 1 is 0.586 bits per heavy atom. The van der Waals surface area contributed by atoms with Gasteiger partial charge in [0.15, 0.2) is 45.9 Å². The fourth-order valence-corrected chi connectivity index (χ4v) is 15.8. The molecule has 99 heavy (non-hydrogen) atoms. The van der Waals surface area contributed by atoms with Crippen molar-refractivity contribution in [3.63, 3.8) is 0 Å². The zero-order chi connectivity index (χ0) is 70.1. The van der Waals surface area contributed by atoms with Crippen LogP contribution in [0.1, 0.15) is 190 Å². The highest BCUT2D eigenvalue weighted by Gasteiger charge is 2.66. The normalized spacial score (nSPS) is 23.6. The number of hydrogen-bond acceptors (Lipinski definition) is 22. The summed E-state index contributed by atoms with van der Waals surface area (Å²) in [7, 11) is -2.16. The number of fused-ring (bicyclic) bond motifs is 4. The standard InChI is InChI=1S/C72H88Cl2N11O13P/c1-8-9-10-11-12-13-14-15-16-17-18-19-20-21-22-23-24-29-48(90-49-36-57(87-6)50(40-75)58(37-49)88-7)41-89-99(86,97-55-30-25-27-46(59(55)73)38-71(42-76)65-63(91-69(2,3)95-65)61(93-71)51-32-34-53-67(78)80-44-82-84(51)53)98-56-31-26-28-47(60(56)74)39-72(43-77)66-64(92-70(4,5)96-66)62(94-72)52-33-35-54-68(79)81-45-83-85(52)54/h25-28,30-37,44-45,48,61-66H,8-24,29,38-39,41H2,1-7H3,(H2,78,80,82)(H2,79,81,83)/t48-,61+,62+,63?,64?,65?,66?,71-,72-,99?/m1/s1. The van der Waals surface area contributed by atoms with Gasteiger partial charge in [-0.1, -0.05) is 157 Å². The van der Waals surface area contributed by atoms with E-state index < -0.39 is 79.9 Å². The number of nitrogens with zero attached hydrogens (tertiary/aromatic N) is 9. The molecule has 4 fully saturated rings. The van der Waals surface area contributed by atoms with Crippen molar-refractivity contribution in [3.8, 4) is 47.0 Å². The number of anilines is 2. The number of methoxy groups -OCH3 is 2. The van der Waals surface area contributed by atoms with E-state index in [2.05, 4.69) is 45.3 Å². The maximum absolute atomic E-state index is 16.1. The highest BCUT2D eigenvalue weighted by atomic mass is 35.5. The van der Waals surface area contributed by atoms with E-state index in [1.165, 1.54) is 116 Å². The van der Waals surface area contributed by atoms with E-state index in [4.69, 9.17) is 90.9 Å². The monoisotopic (exact) mass is 1420 g/mol. The van der Waals surface area contributed by atoms with Crippen LogP contribution in [0.2, 0.25) is 10.0 Å². The number of unbranched alkanes of at least 4 members (excludes halogenated alkanes) is 16. The van der Waals surface area contributed by atoms with Crippen LogP contribution < -0.4 is 34.7 Å². The van der Waals surface area contributed by atoms with Crippen molar-refractivity contribution in [2.24, 2.45) is 0 Å². The van der Waals surface area contributed by atoms with Gasteiger partial charge < -0.3 is 63.1 Å². The molecule has 4 saturated heterocycles. The molecule has 27 heteroatoms. The lowest BCUT2D eigenvalue weighted by Crippen LogP contribution is -2.44. The number of rotatable bonds is 35. The minimum Gasteiger partial charge on any atom is -0.495 e. The first-order valence-corrected chi connectivity index (χ1v) is 36.5. The van der Waals surface area contributed by atoms with Gasteiger partial charge in [0.25, 0.3) is 0 Å². The Balaban J connectivity index is 0.871. The predicted molar refractivity (Wildman–Crippen MR) is 369 cm³/mol. The van der Waals surface area contributed by atoms with Crippen LogP contribution in [-0.4, -0.2) is 103 Å². The molecular formula is C72H88Cl2N11O13P. The van der Waals surface area contributed by atoms with Crippen LogP contribution in [0.3, 0.4) is 0 Å². The van der Waals surface area contributed by atoms with Crippen LogP contribution in [0.15, 0.2) is 85.5 Å². The van der Waals surface area contributed by atoms with Crippen molar-refractivity contribution in [1.29, 1.82) is 15.8 Å². The Bertz CT molecular complexity index is 3930. The zero-order valence-electron chi connectivity index (χ0n) is 57.2. The number of ether oxygens (including phenoxy) is 9. The Hall–Kier alpha value is -7.50. The number of benzene rings is 3. The Kier molecular flexibility index (Phi) is 23.2. The Morgan fingerprint density at radius 2 is 1.01 bits per heavy atom. The van der Waals surface area contributed by atoms with E-state index in [9.17, 15) is 15.8 Å². The molecule has 4 unspecified atom stereocenters. The highest BCUT2D eigenvalue weighted by Crippen LogP contribution is 2.57. The van der Waals surface area contributed by atoms with Crippen LogP contribution in [-0.2, 0) is 50.4 Å². The summed E-state index contributed by atoms with van der Waals surface area (Å²) in [5, 5.41) is 41.5. The minimum absolute atomic E-state index is 0.0621. The third-order valence-corrected chi connectivity index (χ3v) is 21.0. The van der Waals surface area contributed by atoms with Gasteiger partial charge in [-0.25, -0.2) is 23.6 Å². The van der Waals surface area contributed by atoms with Gasteiger partial charge in [0.05, 0.1) is 42.3 Å². The molecule has 4 aromatic heterocycles. The van der Waals surface area contributed by atoms with Gasteiger partial charge in [-0.15, -0.1) is 0 Å². The van der Waals surface area contributed by atoms with Gasteiger partial charge in [0, 0.05) is 25.0 Å². The molecule has 4 N–H and O–H groups in total. The van der Waals surface area contributed by atoms with Gasteiger partial charge in [-0.05, 0) is 88.1 Å². The molecule has 11 rings (SSSR count). The molecule has 4 aliphatic heterocycles. The summed E-state index contributed by atoms with van der Waals surface area (Å²) in [4.78, 5) is 8.27. The van der Waals surface area contributed by atoms with Crippen molar-refractivity contribution < 1.29 is 60.8 Å². The molecule has 0 amide bonds. The van der Waals surface area contributed by atoms with Gasteiger partial charge in [-0.2, -0.15) is 26.0 Å². The number of nitriles is 3. The molecule has 4 aliphatic rings. The average Bonchev–Trinajstić information content (AvgIpc) is 1.57. The van der Waals surface area contributed by atoms with Crippen LogP contribution >= 0.6 is 31.0 Å². The minimum atomic E-state index is -5.04. The van der Waals surface area contributed by atoms with E-state index in [0.29, 0.717) is 46.4 Å². The topological polar surface area (TPSA) is 312 Å². The Morgan fingerprint density at radius 3 is 1.41 bits per heavy atom. The lowest BCUT2D eigenvalue weighted by Gasteiger charge is -2.30. The molecule has 528 valence electrons. The summed E-state index contributed by atoms with van der Waals surface area (Å²) in [6, 6.07) is 26.8. The lowest BCUT2D eigenvalue weighted by molar-refractivity contribution is -0.200. The maximum Gasteiger partial charge on any atom is 0.587 e. The molecule has 9 atom stereocenters. The fourth-order valence-electron chi connectivity index (χ4n) is 14.0. The molecule has 24 nitrogen and oxygen atoms in total. The largest absolute Gasteiger partial charge is 0.587 e. The molecule has 0 spiro atoms. The van der Waals surface area contributed by atoms with Crippen LogP contribution in [0.5, 0.6) is 28.7 Å². The lowest BCUT2D eigenvalue weighted by atomic mass is 9.88.